The molecule has 0 fully saturated rings. The molecule has 0 aromatic rings. The maximum atomic E-state index is 12.6. The standard InChI is InChI=1S/C10H20F3NS/c1-4-7(3)6-15-9(8(14)5-2)10(11,12)13/h7-9H,4-6,14H2,1-3H3. The van der Waals surface area contributed by atoms with Gasteiger partial charge in [-0.05, 0) is 18.1 Å². The van der Waals surface area contributed by atoms with Crippen LogP contribution in [0.4, 0.5) is 13.2 Å². The van der Waals surface area contributed by atoms with Crippen molar-refractivity contribution in [2.24, 2.45) is 11.7 Å². The van der Waals surface area contributed by atoms with Gasteiger partial charge in [-0.2, -0.15) is 13.2 Å². The van der Waals surface area contributed by atoms with Crippen molar-refractivity contribution in [2.45, 2.75) is 51.1 Å². The van der Waals surface area contributed by atoms with Crippen molar-refractivity contribution in [1.82, 2.24) is 0 Å². The van der Waals surface area contributed by atoms with E-state index in [-0.39, 0.29) is 0 Å². The second kappa shape index (κ2) is 6.63. The van der Waals surface area contributed by atoms with E-state index < -0.39 is 17.5 Å². The topological polar surface area (TPSA) is 26.0 Å². The summed E-state index contributed by atoms with van der Waals surface area (Å²) in [4.78, 5) is 0. The van der Waals surface area contributed by atoms with Crippen LogP contribution in [0.5, 0.6) is 0 Å². The number of nitrogens with two attached hydrogens (primary N) is 1. The molecule has 0 saturated carbocycles. The van der Waals surface area contributed by atoms with E-state index in [9.17, 15) is 13.2 Å². The Bertz CT molecular complexity index is 173. The molecule has 3 unspecified atom stereocenters. The fourth-order valence-electron chi connectivity index (χ4n) is 1.06. The second-order valence-corrected chi connectivity index (χ2v) is 5.06. The first kappa shape index (κ1) is 15.1. The maximum Gasteiger partial charge on any atom is 0.402 e. The molecule has 15 heavy (non-hydrogen) atoms. The SMILES string of the molecule is CCC(C)CSC(C(N)CC)C(F)(F)F. The van der Waals surface area contributed by atoms with E-state index in [4.69, 9.17) is 5.73 Å². The number of rotatable bonds is 6. The van der Waals surface area contributed by atoms with Gasteiger partial charge in [0.2, 0.25) is 0 Å². The van der Waals surface area contributed by atoms with Crippen LogP contribution >= 0.6 is 11.8 Å². The number of hydrogen-bond donors (Lipinski definition) is 1. The Balaban J connectivity index is 4.27. The van der Waals surface area contributed by atoms with E-state index in [2.05, 4.69) is 0 Å². The quantitative estimate of drug-likeness (QED) is 0.773. The van der Waals surface area contributed by atoms with E-state index in [1.165, 1.54) is 0 Å². The molecule has 0 rings (SSSR count). The zero-order valence-corrected chi connectivity index (χ0v) is 10.3. The predicted molar refractivity (Wildman–Crippen MR) is 60.0 cm³/mol. The number of thioether (sulfide) groups is 1. The summed E-state index contributed by atoms with van der Waals surface area (Å²) in [6.07, 6.45) is -2.93. The van der Waals surface area contributed by atoms with Crippen LogP contribution in [0.1, 0.15) is 33.6 Å². The van der Waals surface area contributed by atoms with Crippen LogP contribution in [-0.4, -0.2) is 23.2 Å². The summed E-state index contributed by atoms with van der Waals surface area (Å²) in [5, 5.41) is -1.42. The summed E-state index contributed by atoms with van der Waals surface area (Å²) < 4.78 is 37.8. The molecule has 0 heterocycles. The average molecular weight is 243 g/mol. The van der Waals surface area contributed by atoms with E-state index >= 15 is 0 Å². The monoisotopic (exact) mass is 243 g/mol. The van der Waals surface area contributed by atoms with E-state index in [1.807, 2.05) is 13.8 Å². The molecule has 0 aliphatic rings. The van der Waals surface area contributed by atoms with Gasteiger partial charge in [0.05, 0.1) is 0 Å². The van der Waals surface area contributed by atoms with Crippen LogP contribution < -0.4 is 5.73 Å². The molecule has 2 N–H and O–H groups in total. The minimum absolute atomic E-state index is 0.309. The fourth-order valence-corrected chi connectivity index (χ4v) is 2.46. The highest BCUT2D eigenvalue weighted by molar-refractivity contribution is 8.00. The van der Waals surface area contributed by atoms with E-state index in [1.54, 1.807) is 6.92 Å². The van der Waals surface area contributed by atoms with Gasteiger partial charge in [0.1, 0.15) is 5.25 Å². The Labute approximate surface area is 94.0 Å². The predicted octanol–water partition coefficient (Wildman–Crippen LogP) is 3.43. The Morgan fingerprint density at radius 2 is 1.73 bits per heavy atom. The Hall–Kier alpha value is 0.100. The normalized spacial score (nSPS) is 18.6. The van der Waals surface area contributed by atoms with Crippen molar-refractivity contribution < 1.29 is 13.2 Å². The molecule has 0 aromatic carbocycles. The van der Waals surface area contributed by atoms with Gasteiger partial charge >= 0.3 is 6.18 Å². The summed E-state index contributed by atoms with van der Waals surface area (Å²) in [6, 6.07) is -0.793. The Morgan fingerprint density at radius 1 is 1.20 bits per heavy atom. The van der Waals surface area contributed by atoms with Crippen molar-refractivity contribution in [3.05, 3.63) is 0 Å². The highest BCUT2D eigenvalue weighted by atomic mass is 32.2. The lowest BCUT2D eigenvalue weighted by atomic mass is 10.1. The first-order valence-electron chi connectivity index (χ1n) is 5.26. The Morgan fingerprint density at radius 3 is 2.07 bits per heavy atom. The minimum atomic E-state index is -4.19. The van der Waals surface area contributed by atoms with E-state index in [0.717, 1.165) is 18.2 Å². The van der Waals surface area contributed by atoms with Gasteiger partial charge in [-0.25, -0.2) is 0 Å². The van der Waals surface area contributed by atoms with Crippen molar-refractivity contribution in [2.75, 3.05) is 5.75 Å². The summed E-state index contributed by atoms with van der Waals surface area (Å²) >= 11 is 0.944. The van der Waals surface area contributed by atoms with Gasteiger partial charge in [0, 0.05) is 6.04 Å². The first-order chi connectivity index (χ1) is 6.82. The zero-order valence-electron chi connectivity index (χ0n) is 9.47. The zero-order chi connectivity index (χ0) is 12.1. The Kier molecular flexibility index (Phi) is 6.68. The van der Waals surface area contributed by atoms with Gasteiger partial charge in [0.25, 0.3) is 0 Å². The summed E-state index contributed by atoms with van der Waals surface area (Å²) in [7, 11) is 0. The highest BCUT2D eigenvalue weighted by Gasteiger charge is 2.43. The summed E-state index contributed by atoms with van der Waals surface area (Å²) in [5.74, 6) is 0.831. The molecule has 3 atom stereocenters. The van der Waals surface area contributed by atoms with Crippen molar-refractivity contribution >= 4 is 11.8 Å². The maximum absolute atomic E-state index is 12.6. The highest BCUT2D eigenvalue weighted by Crippen LogP contribution is 2.34. The molecule has 1 nitrogen and oxygen atoms in total. The van der Waals surface area contributed by atoms with Crippen LogP contribution in [0.25, 0.3) is 0 Å². The molecule has 0 aromatic heterocycles. The summed E-state index contributed by atoms with van der Waals surface area (Å²) in [5.41, 5.74) is 5.49. The van der Waals surface area contributed by atoms with Crippen LogP contribution in [0, 0.1) is 5.92 Å². The lowest BCUT2D eigenvalue weighted by molar-refractivity contribution is -0.132. The van der Waals surface area contributed by atoms with Gasteiger partial charge in [-0.1, -0.05) is 27.2 Å². The third kappa shape index (κ3) is 5.66. The summed E-state index contributed by atoms with van der Waals surface area (Å²) in [6.45, 7) is 5.62. The largest absolute Gasteiger partial charge is 0.402 e. The number of alkyl halides is 3. The van der Waals surface area contributed by atoms with Crippen LogP contribution in [0.3, 0.4) is 0 Å². The molecule has 5 heteroatoms. The molecule has 0 aliphatic heterocycles. The average Bonchev–Trinajstić information content (AvgIpc) is 2.15. The smallest absolute Gasteiger partial charge is 0.326 e. The van der Waals surface area contributed by atoms with Gasteiger partial charge in [-0.3, -0.25) is 0 Å². The van der Waals surface area contributed by atoms with Crippen molar-refractivity contribution in [3.63, 3.8) is 0 Å². The van der Waals surface area contributed by atoms with Gasteiger partial charge in [-0.15, -0.1) is 11.8 Å². The molecule has 0 radical (unpaired) electrons. The molecular weight excluding hydrogens is 223 g/mol. The fraction of sp³-hybridized carbons (Fsp3) is 1.00. The second-order valence-electron chi connectivity index (χ2n) is 3.88. The molecule has 92 valence electrons. The lowest BCUT2D eigenvalue weighted by Gasteiger charge is -2.25. The van der Waals surface area contributed by atoms with Crippen LogP contribution in [0.2, 0.25) is 0 Å². The third-order valence-electron chi connectivity index (χ3n) is 2.44. The minimum Gasteiger partial charge on any atom is -0.326 e. The first-order valence-corrected chi connectivity index (χ1v) is 6.31. The molecule has 0 aliphatic carbocycles. The molecule has 0 bridgehead atoms. The number of hydrogen-bond acceptors (Lipinski definition) is 2. The third-order valence-corrected chi connectivity index (χ3v) is 4.18. The molecule has 0 saturated heterocycles. The van der Waals surface area contributed by atoms with Crippen LogP contribution in [-0.2, 0) is 0 Å². The van der Waals surface area contributed by atoms with Gasteiger partial charge in [0.15, 0.2) is 0 Å². The molecule has 0 amide bonds. The van der Waals surface area contributed by atoms with Gasteiger partial charge < -0.3 is 5.73 Å². The molecular formula is C10H20F3NS. The van der Waals surface area contributed by atoms with Crippen LogP contribution in [0.15, 0.2) is 0 Å². The van der Waals surface area contributed by atoms with Crippen molar-refractivity contribution in [1.29, 1.82) is 0 Å². The number of halogens is 3. The van der Waals surface area contributed by atoms with E-state index in [0.29, 0.717) is 18.1 Å². The molecule has 0 spiro atoms. The lowest BCUT2D eigenvalue weighted by Crippen LogP contribution is -2.42. The van der Waals surface area contributed by atoms with Crippen molar-refractivity contribution in [3.8, 4) is 0 Å².